The molecule has 0 saturated carbocycles. The summed E-state index contributed by atoms with van der Waals surface area (Å²) in [6.45, 7) is 9.23. The minimum atomic E-state index is -0.305. The van der Waals surface area contributed by atoms with E-state index in [1.807, 2.05) is 6.92 Å². The van der Waals surface area contributed by atoms with Gasteiger partial charge in [-0.25, -0.2) is 14.0 Å². The van der Waals surface area contributed by atoms with E-state index in [2.05, 4.69) is 16.8 Å². The highest BCUT2D eigenvalue weighted by Crippen LogP contribution is 2.34. The molecule has 0 aliphatic carbocycles. The molecule has 0 bridgehead atoms. The Hall–Kier alpha value is -2.35. The summed E-state index contributed by atoms with van der Waals surface area (Å²) >= 11 is 0. The van der Waals surface area contributed by atoms with E-state index >= 15 is 0 Å². The molecule has 2 aromatic rings. The maximum absolute atomic E-state index is 13.9. The molecule has 1 atom stereocenters. The first-order valence-electron chi connectivity index (χ1n) is 10.4. The highest BCUT2D eigenvalue weighted by molar-refractivity contribution is 5.76. The number of likely N-dealkylation sites (tertiary alicyclic amines) is 2. The predicted octanol–water partition coefficient (Wildman–Crippen LogP) is 3.03. The van der Waals surface area contributed by atoms with Crippen LogP contribution in [0.1, 0.15) is 44.7 Å². The van der Waals surface area contributed by atoms with E-state index in [0.29, 0.717) is 30.8 Å². The summed E-state index contributed by atoms with van der Waals surface area (Å²) in [7, 11) is 0. The van der Waals surface area contributed by atoms with Crippen molar-refractivity contribution >= 4 is 17.1 Å². The predicted molar refractivity (Wildman–Crippen MR) is 109 cm³/mol. The van der Waals surface area contributed by atoms with E-state index < -0.39 is 0 Å². The zero-order chi connectivity index (χ0) is 20.8. The zero-order valence-electron chi connectivity index (χ0n) is 17.3. The molecule has 2 aliphatic heterocycles. The zero-order valence-corrected chi connectivity index (χ0v) is 17.3. The van der Waals surface area contributed by atoms with Crippen molar-refractivity contribution in [3.8, 4) is 0 Å². The van der Waals surface area contributed by atoms with Gasteiger partial charge in [0.25, 0.3) is 0 Å². The number of aromatic nitrogens is 2. The van der Waals surface area contributed by atoms with Crippen molar-refractivity contribution in [1.82, 2.24) is 19.4 Å². The second-order valence-electron chi connectivity index (χ2n) is 8.50. The molecule has 7 nitrogen and oxygen atoms in total. The average molecular weight is 404 g/mol. The maximum atomic E-state index is 13.9. The Morgan fingerprint density at radius 2 is 2.03 bits per heavy atom. The number of carbonyl (C=O) groups is 1. The van der Waals surface area contributed by atoms with Gasteiger partial charge in [-0.15, -0.1) is 0 Å². The average Bonchev–Trinajstić information content (AvgIpc) is 3.23. The summed E-state index contributed by atoms with van der Waals surface area (Å²) in [4.78, 5) is 31.6. The lowest BCUT2D eigenvalue weighted by molar-refractivity contribution is 0.0640. The van der Waals surface area contributed by atoms with Gasteiger partial charge >= 0.3 is 11.8 Å². The number of piperidine rings is 1. The Labute approximate surface area is 169 Å². The lowest BCUT2D eigenvalue weighted by Crippen LogP contribution is -2.52. The number of imidazole rings is 1. The number of aromatic amines is 1. The number of fused-ring (bicyclic) bond motifs is 1. The number of benzene rings is 1. The summed E-state index contributed by atoms with van der Waals surface area (Å²) in [6, 6.07) is 3.25. The van der Waals surface area contributed by atoms with Crippen LogP contribution in [-0.4, -0.2) is 63.8 Å². The van der Waals surface area contributed by atoms with Crippen LogP contribution in [0.15, 0.2) is 16.9 Å². The van der Waals surface area contributed by atoms with Gasteiger partial charge in [-0.3, -0.25) is 9.47 Å². The van der Waals surface area contributed by atoms with Gasteiger partial charge in [-0.2, -0.15) is 0 Å². The fourth-order valence-corrected chi connectivity index (χ4v) is 4.85. The van der Waals surface area contributed by atoms with Crippen molar-refractivity contribution in [3.63, 3.8) is 0 Å². The largest absolute Gasteiger partial charge is 0.450 e. The molecule has 1 aromatic carbocycles. The lowest BCUT2D eigenvalue weighted by Gasteiger charge is -2.43. The van der Waals surface area contributed by atoms with Crippen LogP contribution in [0.2, 0.25) is 0 Å². The first kappa shape index (κ1) is 19.9. The number of amides is 1. The Kier molecular flexibility index (Phi) is 5.14. The molecule has 2 fully saturated rings. The first-order chi connectivity index (χ1) is 13.8. The van der Waals surface area contributed by atoms with Crippen LogP contribution >= 0.6 is 0 Å². The van der Waals surface area contributed by atoms with Crippen molar-refractivity contribution in [2.75, 3.05) is 32.8 Å². The van der Waals surface area contributed by atoms with Gasteiger partial charge in [0.15, 0.2) is 0 Å². The van der Waals surface area contributed by atoms with Gasteiger partial charge in [0, 0.05) is 37.8 Å². The first-order valence-corrected chi connectivity index (χ1v) is 10.4. The number of carbonyl (C=O) groups excluding carboxylic acids is 1. The van der Waals surface area contributed by atoms with E-state index in [0.717, 1.165) is 37.9 Å². The van der Waals surface area contributed by atoms with Crippen molar-refractivity contribution in [3.05, 3.63) is 34.0 Å². The molecule has 1 aromatic heterocycles. The normalized spacial score (nSPS) is 23.8. The number of ether oxygens (including phenoxy) is 1. The topological polar surface area (TPSA) is 70.6 Å². The van der Waals surface area contributed by atoms with Crippen LogP contribution in [0.3, 0.4) is 0 Å². The molecule has 0 spiro atoms. The highest BCUT2D eigenvalue weighted by atomic mass is 19.1. The molecule has 2 saturated heterocycles. The van der Waals surface area contributed by atoms with Crippen LogP contribution in [0, 0.1) is 12.7 Å². The van der Waals surface area contributed by atoms with Crippen LogP contribution in [0.4, 0.5) is 9.18 Å². The summed E-state index contributed by atoms with van der Waals surface area (Å²) in [6.07, 6.45) is 2.37. The molecule has 8 heteroatoms. The number of rotatable bonds is 3. The van der Waals surface area contributed by atoms with Crippen LogP contribution in [0.25, 0.3) is 11.0 Å². The van der Waals surface area contributed by atoms with Gasteiger partial charge in [0.2, 0.25) is 0 Å². The van der Waals surface area contributed by atoms with Gasteiger partial charge in [-0.1, -0.05) is 0 Å². The van der Waals surface area contributed by atoms with Gasteiger partial charge < -0.3 is 14.6 Å². The van der Waals surface area contributed by atoms with E-state index in [-0.39, 0.29) is 29.2 Å². The third-order valence-corrected chi connectivity index (χ3v) is 6.57. The van der Waals surface area contributed by atoms with E-state index in [9.17, 15) is 14.0 Å². The van der Waals surface area contributed by atoms with Crippen molar-refractivity contribution in [1.29, 1.82) is 0 Å². The molecule has 4 rings (SSSR count). The van der Waals surface area contributed by atoms with Gasteiger partial charge in [0.1, 0.15) is 5.82 Å². The molecular formula is C21H29FN4O3. The minimum absolute atomic E-state index is 0.0668. The number of nitrogens with zero attached hydrogens (tertiary/aromatic N) is 3. The molecule has 1 unspecified atom stereocenters. The van der Waals surface area contributed by atoms with Crippen molar-refractivity contribution in [2.45, 2.75) is 51.6 Å². The number of aryl methyl sites for hydroxylation is 1. The van der Waals surface area contributed by atoms with E-state index in [1.54, 1.807) is 22.5 Å². The second kappa shape index (κ2) is 7.48. The van der Waals surface area contributed by atoms with Crippen LogP contribution in [0.5, 0.6) is 0 Å². The molecule has 29 heavy (non-hydrogen) atoms. The number of hydrogen-bond donors (Lipinski definition) is 1. The SMILES string of the molecule is CCOC(=O)N1CCC(C)(N2CCC(n3c(=O)[nH]c4cc(F)c(C)cc43)CC2)C1. The summed E-state index contributed by atoms with van der Waals surface area (Å²) in [5.41, 5.74) is 1.62. The van der Waals surface area contributed by atoms with Crippen molar-refractivity contribution < 1.29 is 13.9 Å². The highest BCUT2D eigenvalue weighted by Gasteiger charge is 2.42. The third-order valence-electron chi connectivity index (χ3n) is 6.57. The Morgan fingerprint density at radius 1 is 1.31 bits per heavy atom. The minimum Gasteiger partial charge on any atom is -0.450 e. The smallest absolute Gasteiger partial charge is 0.409 e. The molecular weight excluding hydrogens is 375 g/mol. The van der Waals surface area contributed by atoms with Crippen LogP contribution in [-0.2, 0) is 4.74 Å². The van der Waals surface area contributed by atoms with Gasteiger partial charge in [-0.05, 0) is 57.7 Å². The Balaban J connectivity index is 1.47. The van der Waals surface area contributed by atoms with Gasteiger partial charge in [0.05, 0.1) is 17.6 Å². The Bertz CT molecular complexity index is 976. The molecule has 2 aliphatic rings. The fourth-order valence-electron chi connectivity index (χ4n) is 4.85. The monoisotopic (exact) mass is 404 g/mol. The second-order valence-corrected chi connectivity index (χ2v) is 8.50. The summed E-state index contributed by atoms with van der Waals surface area (Å²) in [5.74, 6) is -0.305. The molecule has 1 N–H and O–H groups in total. The molecule has 1 amide bonds. The quantitative estimate of drug-likeness (QED) is 0.854. The van der Waals surface area contributed by atoms with E-state index in [4.69, 9.17) is 4.74 Å². The lowest BCUT2D eigenvalue weighted by atomic mass is 9.93. The molecule has 3 heterocycles. The van der Waals surface area contributed by atoms with Crippen LogP contribution < -0.4 is 5.69 Å². The summed E-state index contributed by atoms with van der Waals surface area (Å²) < 4.78 is 20.8. The third kappa shape index (κ3) is 3.54. The van der Waals surface area contributed by atoms with Crippen molar-refractivity contribution in [2.24, 2.45) is 0 Å². The molecule has 0 radical (unpaired) electrons. The Morgan fingerprint density at radius 3 is 2.72 bits per heavy atom. The maximum Gasteiger partial charge on any atom is 0.409 e. The summed E-state index contributed by atoms with van der Waals surface area (Å²) in [5, 5.41) is 0. The number of hydrogen-bond acceptors (Lipinski definition) is 4. The standard InChI is InChI=1S/C21H29FN4O3/c1-4-29-20(28)24-10-7-21(3,13-24)25-8-5-15(6-9-25)26-18-11-14(2)16(22)12-17(18)23-19(26)27/h11-12,15H,4-10,13H2,1-3H3,(H,23,27). The fraction of sp³-hybridized carbons (Fsp3) is 0.619. The number of H-pyrrole nitrogens is 1. The molecule has 158 valence electrons. The van der Waals surface area contributed by atoms with E-state index in [1.165, 1.54) is 6.07 Å². The number of halogens is 1. The number of nitrogens with one attached hydrogen (secondary N) is 1.